The van der Waals surface area contributed by atoms with Gasteiger partial charge in [-0.2, -0.15) is 0 Å². The van der Waals surface area contributed by atoms with Gasteiger partial charge < -0.3 is 15.4 Å². The third-order valence-corrected chi connectivity index (χ3v) is 2.22. The van der Waals surface area contributed by atoms with Crippen LogP contribution >= 0.6 is 0 Å². The second-order valence-electron chi connectivity index (χ2n) is 3.57. The minimum Gasteiger partial charge on any atom is -0.480 e. The summed E-state index contributed by atoms with van der Waals surface area (Å²) < 4.78 is 5.02. The highest BCUT2D eigenvalue weighted by atomic mass is 16.5. The molecule has 0 fully saturated rings. The van der Waals surface area contributed by atoms with Gasteiger partial charge in [-0.05, 0) is 25.1 Å². The second-order valence-corrected chi connectivity index (χ2v) is 3.57. The minimum absolute atomic E-state index is 0.159. The average Bonchev–Trinajstić information content (AvgIpc) is 2.38. The zero-order valence-electron chi connectivity index (χ0n) is 10.3. The van der Waals surface area contributed by atoms with Gasteiger partial charge in [0, 0.05) is 19.3 Å². The van der Waals surface area contributed by atoms with Crippen LogP contribution in [0.1, 0.15) is 23.7 Å². The molecule has 0 spiro atoms. The van der Waals surface area contributed by atoms with Crippen LogP contribution in [-0.4, -0.2) is 37.6 Å². The fourth-order valence-corrected chi connectivity index (χ4v) is 1.39. The molecule has 1 heterocycles. The number of nitrogens with one attached hydrogen (secondary N) is 2. The average molecular weight is 237 g/mol. The van der Waals surface area contributed by atoms with Crippen LogP contribution in [0.2, 0.25) is 0 Å². The van der Waals surface area contributed by atoms with Crippen molar-refractivity contribution in [1.29, 1.82) is 0 Å². The number of aromatic nitrogens is 1. The zero-order valence-corrected chi connectivity index (χ0v) is 10.3. The summed E-state index contributed by atoms with van der Waals surface area (Å²) in [4.78, 5) is 15.8. The van der Waals surface area contributed by atoms with Crippen LogP contribution in [0.4, 0.5) is 0 Å². The fraction of sp³-hybridized carbons (Fsp3) is 0.500. The Hall–Kier alpha value is -1.62. The highest BCUT2D eigenvalue weighted by Crippen LogP contribution is 2.12. The normalized spacial score (nSPS) is 10.0. The van der Waals surface area contributed by atoms with Crippen LogP contribution in [0.15, 0.2) is 18.3 Å². The first-order chi connectivity index (χ1) is 8.29. The Labute approximate surface area is 102 Å². The second kappa shape index (κ2) is 7.62. The van der Waals surface area contributed by atoms with Crippen molar-refractivity contribution in [3.8, 4) is 5.88 Å². The van der Waals surface area contributed by atoms with Gasteiger partial charge >= 0.3 is 0 Å². The molecule has 5 nitrogen and oxygen atoms in total. The van der Waals surface area contributed by atoms with Crippen LogP contribution in [0, 0.1) is 0 Å². The topological polar surface area (TPSA) is 63.2 Å². The molecule has 0 radical (unpaired) electrons. The van der Waals surface area contributed by atoms with Crippen molar-refractivity contribution in [2.24, 2.45) is 0 Å². The van der Waals surface area contributed by atoms with E-state index in [1.165, 1.54) is 7.11 Å². The molecule has 0 aliphatic rings. The number of nitrogens with zero attached hydrogens (tertiary/aromatic N) is 1. The predicted molar refractivity (Wildman–Crippen MR) is 66.3 cm³/mol. The van der Waals surface area contributed by atoms with Crippen LogP contribution in [0.3, 0.4) is 0 Å². The molecule has 94 valence electrons. The Balaban J connectivity index is 2.41. The maximum Gasteiger partial charge on any atom is 0.256 e. The van der Waals surface area contributed by atoms with Crippen LogP contribution < -0.4 is 15.4 Å². The van der Waals surface area contributed by atoms with Gasteiger partial charge in [0.25, 0.3) is 5.91 Å². The summed E-state index contributed by atoms with van der Waals surface area (Å²) in [5.74, 6) is 0.194. The molecule has 1 aromatic rings. The third-order valence-electron chi connectivity index (χ3n) is 2.22. The lowest BCUT2D eigenvalue weighted by atomic mass is 10.2. The van der Waals surface area contributed by atoms with Crippen LogP contribution in [0.5, 0.6) is 5.88 Å². The molecule has 5 heteroatoms. The molecule has 1 aromatic heterocycles. The molecule has 1 amide bonds. The molecular formula is C12H19N3O2. The smallest absolute Gasteiger partial charge is 0.256 e. The standard InChI is InChI=1S/C12H19N3O2/c1-3-6-13-8-9-14-11(16)10-5-4-7-15-12(10)17-2/h4-5,7,13H,3,6,8-9H2,1-2H3,(H,14,16). The molecule has 0 saturated heterocycles. The highest BCUT2D eigenvalue weighted by Gasteiger charge is 2.11. The van der Waals surface area contributed by atoms with Crippen molar-refractivity contribution < 1.29 is 9.53 Å². The third kappa shape index (κ3) is 4.40. The van der Waals surface area contributed by atoms with Gasteiger partial charge in [-0.1, -0.05) is 6.92 Å². The quantitative estimate of drug-likeness (QED) is 0.689. The van der Waals surface area contributed by atoms with E-state index >= 15 is 0 Å². The molecule has 0 aromatic carbocycles. The van der Waals surface area contributed by atoms with Gasteiger partial charge in [-0.15, -0.1) is 0 Å². The number of carbonyl (C=O) groups is 1. The summed E-state index contributed by atoms with van der Waals surface area (Å²) in [5.41, 5.74) is 0.463. The number of carbonyl (C=O) groups excluding carboxylic acids is 1. The summed E-state index contributed by atoms with van der Waals surface area (Å²) in [5, 5.41) is 6.02. The van der Waals surface area contributed by atoms with E-state index in [-0.39, 0.29) is 5.91 Å². The molecule has 2 N–H and O–H groups in total. The molecule has 1 rings (SSSR count). The molecular weight excluding hydrogens is 218 g/mol. The minimum atomic E-state index is -0.159. The lowest BCUT2D eigenvalue weighted by Crippen LogP contribution is -2.32. The number of amides is 1. The summed E-state index contributed by atoms with van der Waals surface area (Å²) in [6, 6.07) is 3.41. The van der Waals surface area contributed by atoms with Crippen LogP contribution in [-0.2, 0) is 0 Å². The summed E-state index contributed by atoms with van der Waals surface area (Å²) in [7, 11) is 1.50. The Kier molecular flexibility index (Phi) is 6.03. The first-order valence-electron chi connectivity index (χ1n) is 5.77. The molecule has 17 heavy (non-hydrogen) atoms. The van der Waals surface area contributed by atoms with Crippen molar-refractivity contribution >= 4 is 5.91 Å². The van der Waals surface area contributed by atoms with E-state index in [2.05, 4.69) is 22.5 Å². The van der Waals surface area contributed by atoms with Crippen molar-refractivity contribution in [1.82, 2.24) is 15.6 Å². The van der Waals surface area contributed by atoms with Gasteiger partial charge in [0.15, 0.2) is 0 Å². The summed E-state index contributed by atoms with van der Waals surface area (Å²) in [6.07, 6.45) is 2.68. The number of hydrogen-bond acceptors (Lipinski definition) is 4. The first-order valence-corrected chi connectivity index (χ1v) is 5.77. The largest absolute Gasteiger partial charge is 0.480 e. The lowest BCUT2D eigenvalue weighted by Gasteiger charge is -2.08. The molecule has 0 aliphatic carbocycles. The predicted octanol–water partition coefficient (Wildman–Crippen LogP) is 0.820. The first kappa shape index (κ1) is 13.4. The van der Waals surface area contributed by atoms with E-state index in [1.54, 1.807) is 18.3 Å². The fourth-order valence-electron chi connectivity index (χ4n) is 1.39. The molecule has 0 saturated carbocycles. The Morgan fingerprint density at radius 1 is 1.41 bits per heavy atom. The Morgan fingerprint density at radius 2 is 2.24 bits per heavy atom. The molecule has 0 aliphatic heterocycles. The van der Waals surface area contributed by atoms with Crippen molar-refractivity contribution in [3.63, 3.8) is 0 Å². The number of methoxy groups -OCH3 is 1. The number of rotatable bonds is 7. The highest BCUT2D eigenvalue weighted by molar-refractivity contribution is 5.96. The number of ether oxygens (including phenoxy) is 1. The van der Waals surface area contributed by atoms with E-state index in [0.29, 0.717) is 18.0 Å². The SMILES string of the molecule is CCCNCCNC(=O)c1cccnc1OC. The molecule has 0 atom stereocenters. The van der Waals surface area contributed by atoms with Gasteiger partial charge in [0.2, 0.25) is 5.88 Å². The maximum absolute atomic E-state index is 11.8. The van der Waals surface area contributed by atoms with E-state index in [9.17, 15) is 4.79 Å². The van der Waals surface area contributed by atoms with Gasteiger partial charge in [-0.3, -0.25) is 4.79 Å². The van der Waals surface area contributed by atoms with E-state index in [4.69, 9.17) is 4.74 Å². The molecule has 0 bridgehead atoms. The monoisotopic (exact) mass is 237 g/mol. The molecule has 0 unspecified atom stereocenters. The zero-order chi connectivity index (χ0) is 12.5. The van der Waals surface area contributed by atoms with Crippen LogP contribution in [0.25, 0.3) is 0 Å². The van der Waals surface area contributed by atoms with Gasteiger partial charge in [-0.25, -0.2) is 4.98 Å². The van der Waals surface area contributed by atoms with Crippen molar-refractivity contribution in [2.45, 2.75) is 13.3 Å². The number of hydrogen-bond donors (Lipinski definition) is 2. The van der Waals surface area contributed by atoms with E-state index in [1.807, 2.05) is 0 Å². The van der Waals surface area contributed by atoms with Crippen molar-refractivity contribution in [2.75, 3.05) is 26.7 Å². The Morgan fingerprint density at radius 3 is 2.94 bits per heavy atom. The summed E-state index contributed by atoms with van der Waals surface area (Å²) in [6.45, 7) is 4.43. The number of pyridine rings is 1. The lowest BCUT2D eigenvalue weighted by molar-refractivity contribution is 0.0950. The maximum atomic E-state index is 11.8. The Bertz CT molecular complexity index is 355. The van der Waals surface area contributed by atoms with Crippen molar-refractivity contribution in [3.05, 3.63) is 23.9 Å². The van der Waals surface area contributed by atoms with Gasteiger partial charge in [0.05, 0.1) is 7.11 Å². The van der Waals surface area contributed by atoms with Gasteiger partial charge in [0.1, 0.15) is 5.56 Å². The van der Waals surface area contributed by atoms with E-state index < -0.39 is 0 Å². The van der Waals surface area contributed by atoms with E-state index in [0.717, 1.165) is 19.5 Å². The summed E-state index contributed by atoms with van der Waals surface area (Å²) >= 11 is 0.